The molecule has 1 aliphatic carbocycles. The Labute approximate surface area is 126 Å². The number of aliphatic hydroxyl groups is 1. The molecule has 4 heteroatoms. The van der Waals surface area contributed by atoms with Crippen molar-refractivity contribution in [1.29, 1.82) is 0 Å². The van der Waals surface area contributed by atoms with E-state index in [0.717, 1.165) is 24.2 Å². The highest BCUT2D eigenvalue weighted by Crippen LogP contribution is 2.43. The Morgan fingerprint density at radius 3 is 2.62 bits per heavy atom. The average Bonchev–Trinajstić information content (AvgIpc) is 2.52. The van der Waals surface area contributed by atoms with E-state index in [-0.39, 0.29) is 18.6 Å². The van der Waals surface area contributed by atoms with Gasteiger partial charge in [-0.3, -0.25) is 0 Å². The number of benzene rings is 1. The van der Waals surface area contributed by atoms with Crippen LogP contribution in [0.2, 0.25) is 0 Å². The third-order valence-corrected chi connectivity index (χ3v) is 4.37. The minimum absolute atomic E-state index is 0.0253. The molecule has 0 radical (unpaired) electrons. The lowest BCUT2D eigenvalue weighted by Crippen LogP contribution is -2.26. The van der Waals surface area contributed by atoms with Crippen LogP contribution in [0.3, 0.4) is 0 Å². The van der Waals surface area contributed by atoms with Gasteiger partial charge in [-0.05, 0) is 36.5 Å². The topological polar surface area (TPSA) is 55.8 Å². The van der Waals surface area contributed by atoms with Crippen molar-refractivity contribution < 1.29 is 19.4 Å². The van der Waals surface area contributed by atoms with Gasteiger partial charge in [0.15, 0.2) is 0 Å². The van der Waals surface area contributed by atoms with Crippen LogP contribution in [0.25, 0.3) is 0 Å². The Kier molecular flexibility index (Phi) is 5.23. The molecule has 116 valence electrons. The van der Waals surface area contributed by atoms with Crippen molar-refractivity contribution in [3.05, 3.63) is 29.3 Å². The van der Waals surface area contributed by atoms with Crippen molar-refractivity contribution in [3.63, 3.8) is 0 Å². The average molecular weight is 292 g/mol. The second-order valence-corrected chi connectivity index (χ2v) is 5.90. The molecular weight excluding hydrogens is 268 g/mol. The molecule has 1 aromatic rings. The number of ether oxygens (including phenoxy) is 2. The Morgan fingerprint density at radius 2 is 2.00 bits per heavy atom. The van der Waals surface area contributed by atoms with Crippen LogP contribution in [0, 0.1) is 0 Å². The highest BCUT2D eigenvalue weighted by atomic mass is 16.5. The van der Waals surface area contributed by atoms with Gasteiger partial charge in [-0.1, -0.05) is 26.2 Å². The van der Waals surface area contributed by atoms with E-state index in [1.165, 1.54) is 19.3 Å². The number of hydrogen-bond acceptors (Lipinski definition) is 4. The van der Waals surface area contributed by atoms with Crippen molar-refractivity contribution in [2.45, 2.75) is 44.4 Å². The van der Waals surface area contributed by atoms with Crippen molar-refractivity contribution in [1.82, 2.24) is 0 Å². The van der Waals surface area contributed by atoms with Crippen LogP contribution in [0.5, 0.6) is 5.75 Å². The summed E-state index contributed by atoms with van der Waals surface area (Å²) < 4.78 is 10.5. The van der Waals surface area contributed by atoms with Crippen LogP contribution in [0.1, 0.15) is 54.9 Å². The van der Waals surface area contributed by atoms with Gasteiger partial charge in [0.05, 0.1) is 19.3 Å². The second kappa shape index (κ2) is 6.94. The summed E-state index contributed by atoms with van der Waals surface area (Å²) in [6, 6.07) is 5.45. The third kappa shape index (κ3) is 3.56. The summed E-state index contributed by atoms with van der Waals surface area (Å²) in [6.45, 7) is 2.11. The standard InChI is InChI=1S/C17H24O4/c1-17(8-4-3-5-9-17)14-12-13(6-7-15(14)20-2)16(19)21-11-10-18/h6-7,12,18H,3-5,8-11H2,1-2H3. The first-order chi connectivity index (χ1) is 10.1. The smallest absolute Gasteiger partial charge is 0.338 e. The minimum Gasteiger partial charge on any atom is -0.496 e. The maximum Gasteiger partial charge on any atom is 0.338 e. The predicted molar refractivity (Wildman–Crippen MR) is 80.8 cm³/mol. The Bertz CT molecular complexity index is 490. The number of methoxy groups -OCH3 is 1. The molecule has 0 aliphatic heterocycles. The Hall–Kier alpha value is -1.55. The number of aliphatic hydroxyl groups excluding tert-OH is 1. The van der Waals surface area contributed by atoms with E-state index < -0.39 is 5.97 Å². The lowest BCUT2D eigenvalue weighted by molar-refractivity contribution is 0.0433. The molecular formula is C17H24O4. The van der Waals surface area contributed by atoms with Gasteiger partial charge in [-0.25, -0.2) is 4.79 Å². The fourth-order valence-electron chi connectivity index (χ4n) is 3.13. The van der Waals surface area contributed by atoms with E-state index in [1.54, 1.807) is 13.2 Å². The molecule has 0 amide bonds. The highest BCUT2D eigenvalue weighted by Gasteiger charge is 2.32. The summed E-state index contributed by atoms with van der Waals surface area (Å²) in [6.07, 6.45) is 5.91. The molecule has 1 fully saturated rings. The van der Waals surface area contributed by atoms with E-state index in [9.17, 15) is 4.79 Å². The van der Waals surface area contributed by atoms with Crippen molar-refractivity contribution in [3.8, 4) is 5.75 Å². The van der Waals surface area contributed by atoms with Crippen LogP contribution >= 0.6 is 0 Å². The van der Waals surface area contributed by atoms with Crippen LogP contribution in [0.4, 0.5) is 0 Å². The Balaban J connectivity index is 2.31. The van der Waals surface area contributed by atoms with E-state index >= 15 is 0 Å². The molecule has 0 saturated heterocycles. The third-order valence-electron chi connectivity index (χ3n) is 4.37. The summed E-state index contributed by atoms with van der Waals surface area (Å²) in [7, 11) is 1.66. The van der Waals surface area contributed by atoms with Gasteiger partial charge in [0.2, 0.25) is 0 Å². The number of carbonyl (C=O) groups is 1. The van der Waals surface area contributed by atoms with Crippen LogP contribution in [-0.4, -0.2) is 31.4 Å². The first-order valence-corrected chi connectivity index (χ1v) is 7.57. The monoisotopic (exact) mass is 292 g/mol. The molecule has 0 aromatic heterocycles. The van der Waals surface area contributed by atoms with Gasteiger partial charge in [0.25, 0.3) is 0 Å². The molecule has 2 rings (SSSR count). The van der Waals surface area contributed by atoms with Gasteiger partial charge >= 0.3 is 5.97 Å². The SMILES string of the molecule is COc1ccc(C(=O)OCCO)cc1C1(C)CCCCC1. The molecule has 0 unspecified atom stereocenters. The normalized spacial score (nSPS) is 17.3. The van der Waals surface area contributed by atoms with Gasteiger partial charge < -0.3 is 14.6 Å². The van der Waals surface area contributed by atoms with Crippen LogP contribution in [-0.2, 0) is 10.2 Å². The number of carbonyl (C=O) groups excluding carboxylic acids is 1. The molecule has 0 heterocycles. The van der Waals surface area contributed by atoms with Gasteiger partial charge in [-0.15, -0.1) is 0 Å². The van der Waals surface area contributed by atoms with Crippen molar-refractivity contribution in [2.75, 3.05) is 20.3 Å². The summed E-state index contributed by atoms with van der Waals surface area (Å²) in [5, 5.41) is 8.75. The highest BCUT2D eigenvalue weighted by molar-refractivity contribution is 5.90. The van der Waals surface area contributed by atoms with Crippen LogP contribution in [0.15, 0.2) is 18.2 Å². The Morgan fingerprint density at radius 1 is 1.29 bits per heavy atom. The quantitative estimate of drug-likeness (QED) is 0.847. The number of rotatable bonds is 5. The molecule has 0 spiro atoms. The summed E-state index contributed by atoms with van der Waals surface area (Å²) in [4.78, 5) is 12.0. The van der Waals surface area contributed by atoms with Crippen molar-refractivity contribution >= 4 is 5.97 Å². The first kappa shape index (κ1) is 15.8. The van der Waals surface area contributed by atoms with E-state index in [0.29, 0.717) is 5.56 Å². The molecule has 1 aromatic carbocycles. The molecule has 4 nitrogen and oxygen atoms in total. The van der Waals surface area contributed by atoms with E-state index in [2.05, 4.69) is 6.92 Å². The largest absolute Gasteiger partial charge is 0.496 e. The molecule has 1 N–H and O–H groups in total. The summed E-state index contributed by atoms with van der Waals surface area (Å²) in [5.41, 5.74) is 1.66. The maximum absolute atomic E-state index is 12.0. The summed E-state index contributed by atoms with van der Waals surface area (Å²) in [5.74, 6) is 0.436. The zero-order valence-electron chi connectivity index (χ0n) is 12.9. The number of hydrogen-bond donors (Lipinski definition) is 1. The van der Waals surface area contributed by atoms with Gasteiger partial charge in [-0.2, -0.15) is 0 Å². The van der Waals surface area contributed by atoms with Crippen LogP contribution < -0.4 is 4.74 Å². The van der Waals surface area contributed by atoms with Gasteiger partial charge in [0, 0.05) is 5.56 Å². The predicted octanol–water partition coefficient (Wildman–Crippen LogP) is 3.07. The fourth-order valence-corrected chi connectivity index (χ4v) is 3.13. The molecule has 0 atom stereocenters. The van der Waals surface area contributed by atoms with Gasteiger partial charge in [0.1, 0.15) is 12.4 Å². The molecule has 1 saturated carbocycles. The second-order valence-electron chi connectivity index (χ2n) is 5.90. The lowest BCUT2D eigenvalue weighted by atomic mass is 9.70. The maximum atomic E-state index is 12.0. The minimum atomic E-state index is -0.396. The van der Waals surface area contributed by atoms with Crippen molar-refractivity contribution in [2.24, 2.45) is 0 Å². The zero-order chi connectivity index (χ0) is 15.3. The lowest BCUT2D eigenvalue weighted by Gasteiger charge is -2.35. The first-order valence-electron chi connectivity index (χ1n) is 7.57. The molecule has 1 aliphatic rings. The molecule has 0 bridgehead atoms. The van der Waals surface area contributed by atoms with E-state index in [1.807, 2.05) is 12.1 Å². The van der Waals surface area contributed by atoms with E-state index in [4.69, 9.17) is 14.6 Å². The zero-order valence-corrected chi connectivity index (χ0v) is 12.9. The fraction of sp³-hybridized carbons (Fsp3) is 0.588. The molecule has 21 heavy (non-hydrogen) atoms. The summed E-state index contributed by atoms with van der Waals surface area (Å²) >= 11 is 0. The number of esters is 1.